The largest absolute Gasteiger partial charge is 0.494 e. The van der Waals surface area contributed by atoms with E-state index in [2.05, 4.69) is 9.97 Å². The summed E-state index contributed by atoms with van der Waals surface area (Å²) in [7, 11) is 1.59. The van der Waals surface area contributed by atoms with Gasteiger partial charge in [0.05, 0.1) is 24.7 Å². The standard InChI is InChI=1S/C13H13N3O3/c1-7-9(6-11(17)18)16-8-4-3-5-10(19-2)12(8)15-13(16)14-7/h3-5H,6H2,1-2H3,(H,14,15)(H,17,18). The second-order valence-corrected chi connectivity index (χ2v) is 4.37. The molecule has 0 aliphatic rings. The van der Waals surface area contributed by atoms with Crippen LogP contribution in [-0.4, -0.2) is 32.6 Å². The fourth-order valence-corrected chi connectivity index (χ4v) is 2.36. The fourth-order valence-electron chi connectivity index (χ4n) is 2.36. The van der Waals surface area contributed by atoms with Crippen molar-refractivity contribution < 1.29 is 14.6 Å². The van der Waals surface area contributed by atoms with Gasteiger partial charge in [-0.15, -0.1) is 0 Å². The number of imidazole rings is 2. The van der Waals surface area contributed by atoms with E-state index in [0.717, 1.165) is 16.7 Å². The Balaban J connectivity index is 2.37. The molecule has 19 heavy (non-hydrogen) atoms. The summed E-state index contributed by atoms with van der Waals surface area (Å²) < 4.78 is 7.11. The van der Waals surface area contributed by atoms with Gasteiger partial charge in [0, 0.05) is 5.69 Å². The molecule has 0 fully saturated rings. The number of hydrogen-bond acceptors (Lipinski definition) is 3. The van der Waals surface area contributed by atoms with Crippen LogP contribution in [0.3, 0.4) is 0 Å². The Hall–Kier alpha value is -2.50. The van der Waals surface area contributed by atoms with Crippen molar-refractivity contribution in [3.8, 4) is 5.75 Å². The van der Waals surface area contributed by atoms with E-state index in [0.29, 0.717) is 17.2 Å². The van der Waals surface area contributed by atoms with Gasteiger partial charge < -0.3 is 14.8 Å². The first kappa shape index (κ1) is 11.6. The lowest BCUT2D eigenvalue weighted by atomic mass is 10.2. The minimum Gasteiger partial charge on any atom is -0.494 e. The molecule has 0 aliphatic heterocycles. The number of nitrogens with zero attached hydrogens (tertiary/aromatic N) is 2. The molecule has 3 rings (SSSR count). The summed E-state index contributed by atoms with van der Waals surface area (Å²) in [6.45, 7) is 1.85. The second kappa shape index (κ2) is 4.01. The van der Waals surface area contributed by atoms with Crippen molar-refractivity contribution in [3.05, 3.63) is 29.6 Å². The highest BCUT2D eigenvalue weighted by Crippen LogP contribution is 2.27. The average molecular weight is 259 g/mol. The summed E-state index contributed by atoms with van der Waals surface area (Å²) in [6.07, 6.45) is -0.0471. The number of methoxy groups -OCH3 is 1. The number of para-hydroxylation sites is 1. The Kier molecular flexibility index (Phi) is 2.45. The van der Waals surface area contributed by atoms with Crippen LogP contribution in [0, 0.1) is 6.92 Å². The molecule has 0 atom stereocenters. The molecule has 0 unspecified atom stereocenters. The molecule has 0 bridgehead atoms. The molecular formula is C13H13N3O3. The quantitative estimate of drug-likeness (QED) is 0.751. The van der Waals surface area contributed by atoms with Crippen LogP contribution in [0.4, 0.5) is 0 Å². The second-order valence-electron chi connectivity index (χ2n) is 4.37. The van der Waals surface area contributed by atoms with Gasteiger partial charge in [-0.3, -0.25) is 9.20 Å². The molecule has 2 N–H and O–H groups in total. The third kappa shape index (κ3) is 1.64. The number of aromatic amines is 1. The molecule has 0 saturated heterocycles. The summed E-state index contributed by atoms with van der Waals surface area (Å²) in [5, 5.41) is 9.01. The molecule has 0 radical (unpaired) electrons. The maximum absolute atomic E-state index is 11.0. The predicted molar refractivity (Wildman–Crippen MR) is 69.7 cm³/mol. The minimum atomic E-state index is -0.867. The number of aliphatic carboxylic acids is 1. The Morgan fingerprint density at radius 1 is 1.53 bits per heavy atom. The highest BCUT2D eigenvalue weighted by molar-refractivity contribution is 5.86. The minimum absolute atomic E-state index is 0.0471. The van der Waals surface area contributed by atoms with Gasteiger partial charge in [0.15, 0.2) is 0 Å². The van der Waals surface area contributed by atoms with Crippen molar-refractivity contribution in [1.82, 2.24) is 14.4 Å². The number of aromatic nitrogens is 3. The molecule has 0 amide bonds. The van der Waals surface area contributed by atoms with Gasteiger partial charge in [-0.1, -0.05) is 6.07 Å². The van der Waals surface area contributed by atoms with Crippen LogP contribution in [0.5, 0.6) is 5.75 Å². The first-order chi connectivity index (χ1) is 9.11. The number of aryl methyl sites for hydroxylation is 1. The molecule has 1 aromatic carbocycles. The molecule has 0 spiro atoms. The first-order valence-electron chi connectivity index (χ1n) is 5.86. The van der Waals surface area contributed by atoms with Crippen LogP contribution >= 0.6 is 0 Å². The molecular weight excluding hydrogens is 246 g/mol. The SMILES string of the molecule is COc1cccc2c1nc1[nH]c(C)c(CC(=O)O)n12. The first-order valence-corrected chi connectivity index (χ1v) is 5.86. The lowest BCUT2D eigenvalue weighted by molar-refractivity contribution is -0.136. The highest BCUT2D eigenvalue weighted by atomic mass is 16.5. The van der Waals surface area contributed by atoms with Crippen LogP contribution in [0.2, 0.25) is 0 Å². The predicted octanol–water partition coefficient (Wildman–Crippen LogP) is 1.76. The Morgan fingerprint density at radius 2 is 2.32 bits per heavy atom. The van der Waals surface area contributed by atoms with Gasteiger partial charge in [-0.05, 0) is 19.1 Å². The number of carboxylic acids is 1. The lowest BCUT2D eigenvalue weighted by Gasteiger charge is -2.02. The van der Waals surface area contributed by atoms with Gasteiger partial charge in [0.2, 0.25) is 5.78 Å². The summed E-state index contributed by atoms with van der Waals surface area (Å²) >= 11 is 0. The topological polar surface area (TPSA) is 79.6 Å². The zero-order valence-electron chi connectivity index (χ0n) is 10.6. The van der Waals surface area contributed by atoms with Crippen LogP contribution in [0.15, 0.2) is 18.2 Å². The monoisotopic (exact) mass is 259 g/mol. The number of hydrogen-bond donors (Lipinski definition) is 2. The van der Waals surface area contributed by atoms with Gasteiger partial charge in [-0.2, -0.15) is 0 Å². The molecule has 3 aromatic rings. The average Bonchev–Trinajstić information content (AvgIpc) is 2.86. The summed E-state index contributed by atoms with van der Waals surface area (Å²) in [4.78, 5) is 18.5. The fraction of sp³-hybridized carbons (Fsp3) is 0.231. The number of H-pyrrole nitrogens is 1. The molecule has 2 heterocycles. The van der Waals surface area contributed by atoms with Crippen molar-refractivity contribution in [2.45, 2.75) is 13.3 Å². The van der Waals surface area contributed by atoms with Crippen LogP contribution in [0.25, 0.3) is 16.8 Å². The van der Waals surface area contributed by atoms with Gasteiger partial charge in [-0.25, -0.2) is 4.98 Å². The smallest absolute Gasteiger partial charge is 0.309 e. The number of fused-ring (bicyclic) bond motifs is 3. The number of carbonyl (C=O) groups is 1. The van der Waals surface area contributed by atoms with Gasteiger partial charge in [0.1, 0.15) is 11.3 Å². The highest BCUT2D eigenvalue weighted by Gasteiger charge is 2.17. The zero-order valence-corrected chi connectivity index (χ0v) is 10.6. The number of ether oxygens (including phenoxy) is 1. The Bertz CT molecular complexity index is 785. The maximum Gasteiger partial charge on any atom is 0.309 e. The molecule has 0 aliphatic carbocycles. The van der Waals surface area contributed by atoms with E-state index >= 15 is 0 Å². The molecule has 98 valence electrons. The lowest BCUT2D eigenvalue weighted by Crippen LogP contribution is -2.04. The molecule has 0 saturated carbocycles. The number of benzene rings is 1. The van der Waals surface area contributed by atoms with Crippen molar-refractivity contribution >= 4 is 22.8 Å². The van der Waals surface area contributed by atoms with Crippen LogP contribution < -0.4 is 4.74 Å². The van der Waals surface area contributed by atoms with Crippen molar-refractivity contribution in [2.24, 2.45) is 0 Å². The maximum atomic E-state index is 11.0. The third-order valence-corrected chi connectivity index (χ3v) is 3.19. The van der Waals surface area contributed by atoms with Gasteiger partial charge in [0.25, 0.3) is 0 Å². The zero-order chi connectivity index (χ0) is 13.6. The van der Waals surface area contributed by atoms with E-state index in [1.165, 1.54) is 0 Å². The van der Waals surface area contributed by atoms with E-state index in [4.69, 9.17) is 9.84 Å². The molecule has 6 nitrogen and oxygen atoms in total. The summed E-state index contributed by atoms with van der Waals surface area (Å²) in [5.41, 5.74) is 3.09. The Morgan fingerprint density at radius 3 is 3.00 bits per heavy atom. The van der Waals surface area contributed by atoms with Crippen LogP contribution in [0.1, 0.15) is 11.4 Å². The number of carboxylic acid groups (broad SMARTS) is 1. The molecule has 6 heteroatoms. The molecule has 2 aromatic heterocycles. The van der Waals surface area contributed by atoms with Gasteiger partial charge >= 0.3 is 5.97 Å². The van der Waals surface area contributed by atoms with E-state index < -0.39 is 5.97 Å². The summed E-state index contributed by atoms with van der Waals surface area (Å²) in [6, 6.07) is 5.59. The normalized spacial score (nSPS) is 11.3. The van der Waals surface area contributed by atoms with Crippen molar-refractivity contribution in [1.29, 1.82) is 0 Å². The van der Waals surface area contributed by atoms with Crippen molar-refractivity contribution in [2.75, 3.05) is 7.11 Å². The summed E-state index contributed by atoms with van der Waals surface area (Å²) in [5.74, 6) is 0.440. The third-order valence-electron chi connectivity index (χ3n) is 3.19. The van der Waals surface area contributed by atoms with Crippen molar-refractivity contribution in [3.63, 3.8) is 0 Å². The number of rotatable bonds is 3. The number of nitrogens with one attached hydrogen (secondary N) is 1. The van der Waals surface area contributed by atoms with E-state index in [9.17, 15) is 4.79 Å². The Labute approximate surface area is 108 Å². The van der Waals surface area contributed by atoms with E-state index in [-0.39, 0.29) is 6.42 Å². The van der Waals surface area contributed by atoms with E-state index in [1.807, 2.05) is 29.5 Å². The van der Waals surface area contributed by atoms with Crippen LogP contribution in [-0.2, 0) is 11.2 Å². The van der Waals surface area contributed by atoms with E-state index in [1.54, 1.807) is 7.11 Å².